The molecule has 156 valence electrons. The Labute approximate surface area is 170 Å². The lowest BCUT2D eigenvalue weighted by molar-refractivity contribution is -0.182. The van der Waals surface area contributed by atoms with Crippen molar-refractivity contribution >= 4 is 11.9 Å². The average molecular weight is 400 g/mol. The van der Waals surface area contributed by atoms with Gasteiger partial charge in [0.1, 0.15) is 5.75 Å². The van der Waals surface area contributed by atoms with Gasteiger partial charge in [0.05, 0.1) is 18.8 Å². The van der Waals surface area contributed by atoms with Crippen LogP contribution in [-0.2, 0) is 9.53 Å². The van der Waals surface area contributed by atoms with E-state index in [1.807, 2.05) is 29.2 Å². The fraction of sp³-hybridized carbons (Fsp3) is 0.571. The molecule has 1 aromatic carbocycles. The predicted octanol–water partition coefficient (Wildman–Crippen LogP) is 2.65. The molecule has 8 heteroatoms. The van der Waals surface area contributed by atoms with E-state index >= 15 is 0 Å². The van der Waals surface area contributed by atoms with E-state index < -0.39 is 0 Å². The Morgan fingerprint density at radius 2 is 1.97 bits per heavy atom. The Morgan fingerprint density at radius 1 is 1.28 bits per heavy atom. The van der Waals surface area contributed by atoms with Gasteiger partial charge in [0, 0.05) is 37.5 Å². The van der Waals surface area contributed by atoms with Crippen LogP contribution >= 0.6 is 0 Å². The van der Waals surface area contributed by atoms with Gasteiger partial charge < -0.3 is 24.2 Å². The molecule has 2 aliphatic rings. The van der Waals surface area contributed by atoms with Gasteiger partial charge >= 0.3 is 6.01 Å². The molecular formula is C21H28N4O4. The van der Waals surface area contributed by atoms with Crippen LogP contribution in [0.3, 0.4) is 0 Å². The molecule has 1 amide bonds. The minimum absolute atomic E-state index is 0.0170. The molecule has 0 bridgehead atoms. The number of rotatable bonds is 6. The number of ether oxygens (including phenoxy) is 2. The molecule has 1 N–H and O–H groups in total. The Bertz CT molecular complexity index is 833. The standard InChI is InChI=1S/C21H28N4O4/c1-21(2)12-17(28-21)13-22-19(26)15-8-10-25(11-9-15)20-23-18(24-29-20)14-4-6-16(27-3)7-5-14/h4-7,15,17H,8-13H2,1-3H3,(H,22,26). The van der Waals surface area contributed by atoms with Crippen molar-refractivity contribution in [1.82, 2.24) is 15.5 Å². The monoisotopic (exact) mass is 400 g/mol. The van der Waals surface area contributed by atoms with Crippen LogP contribution in [0.4, 0.5) is 6.01 Å². The van der Waals surface area contributed by atoms with E-state index in [1.165, 1.54) is 0 Å². The molecule has 2 saturated heterocycles. The largest absolute Gasteiger partial charge is 0.497 e. The molecule has 0 radical (unpaired) electrons. The fourth-order valence-electron chi connectivity index (χ4n) is 4.00. The van der Waals surface area contributed by atoms with Crippen molar-refractivity contribution in [3.05, 3.63) is 24.3 Å². The SMILES string of the molecule is COc1ccc(-c2noc(N3CCC(C(=O)NCC4CC(C)(C)O4)CC3)n2)cc1. The number of anilines is 1. The second-order valence-electron chi connectivity index (χ2n) is 8.34. The third kappa shape index (κ3) is 4.53. The minimum Gasteiger partial charge on any atom is -0.497 e. The normalized spacial score (nSPS) is 21.5. The highest BCUT2D eigenvalue weighted by Crippen LogP contribution is 2.31. The number of amides is 1. The molecule has 4 rings (SSSR count). The number of nitrogens with zero attached hydrogens (tertiary/aromatic N) is 3. The zero-order valence-corrected chi connectivity index (χ0v) is 17.2. The fourth-order valence-corrected chi connectivity index (χ4v) is 4.00. The Hall–Kier alpha value is -2.61. The maximum absolute atomic E-state index is 12.4. The van der Waals surface area contributed by atoms with Crippen LogP contribution in [0, 0.1) is 5.92 Å². The Balaban J connectivity index is 1.26. The summed E-state index contributed by atoms with van der Waals surface area (Å²) in [5, 5.41) is 7.12. The van der Waals surface area contributed by atoms with Gasteiger partial charge in [-0.15, -0.1) is 0 Å². The molecule has 2 fully saturated rings. The van der Waals surface area contributed by atoms with Crippen molar-refractivity contribution in [2.45, 2.75) is 44.8 Å². The highest BCUT2D eigenvalue weighted by Gasteiger charge is 2.37. The van der Waals surface area contributed by atoms with Crippen LogP contribution in [0.15, 0.2) is 28.8 Å². The molecule has 0 saturated carbocycles. The minimum atomic E-state index is -0.0461. The van der Waals surface area contributed by atoms with E-state index in [0.717, 1.165) is 43.7 Å². The van der Waals surface area contributed by atoms with Crippen molar-refractivity contribution in [3.8, 4) is 17.1 Å². The highest BCUT2D eigenvalue weighted by atomic mass is 16.5. The van der Waals surface area contributed by atoms with Crippen LogP contribution in [-0.4, -0.2) is 54.5 Å². The molecule has 1 aromatic heterocycles. The number of methoxy groups -OCH3 is 1. The molecule has 8 nitrogen and oxygen atoms in total. The molecule has 2 aromatic rings. The van der Waals surface area contributed by atoms with Gasteiger partial charge in [-0.3, -0.25) is 4.79 Å². The summed E-state index contributed by atoms with van der Waals surface area (Å²) >= 11 is 0. The van der Waals surface area contributed by atoms with Crippen LogP contribution in [0.1, 0.15) is 33.1 Å². The number of nitrogens with one attached hydrogen (secondary N) is 1. The Morgan fingerprint density at radius 3 is 2.59 bits per heavy atom. The van der Waals surface area contributed by atoms with Crippen molar-refractivity contribution in [3.63, 3.8) is 0 Å². The zero-order valence-electron chi connectivity index (χ0n) is 17.2. The van der Waals surface area contributed by atoms with Crippen molar-refractivity contribution in [2.75, 3.05) is 31.6 Å². The van der Waals surface area contributed by atoms with Crippen molar-refractivity contribution < 1.29 is 18.8 Å². The number of carbonyl (C=O) groups excluding carboxylic acids is 1. The number of hydrogen-bond acceptors (Lipinski definition) is 7. The maximum Gasteiger partial charge on any atom is 0.324 e. The van der Waals surface area contributed by atoms with Crippen molar-refractivity contribution in [1.29, 1.82) is 0 Å². The molecular weight excluding hydrogens is 372 g/mol. The van der Waals surface area contributed by atoms with Gasteiger partial charge in [-0.1, -0.05) is 5.16 Å². The summed E-state index contributed by atoms with van der Waals surface area (Å²) in [6.45, 7) is 6.17. The second kappa shape index (κ2) is 8.02. The first kappa shape index (κ1) is 19.7. The summed E-state index contributed by atoms with van der Waals surface area (Å²) in [4.78, 5) is 19.0. The molecule has 1 atom stereocenters. The third-order valence-corrected chi connectivity index (χ3v) is 5.61. The lowest BCUT2D eigenvalue weighted by atomic mass is 9.92. The molecule has 29 heavy (non-hydrogen) atoms. The molecule has 3 heterocycles. The molecule has 0 spiro atoms. The third-order valence-electron chi connectivity index (χ3n) is 5.61. The second-order valence-corrected chi connectivity index (χ2v) is 8.34. The molecule has 1 unspecified atom stereocenters. The van der Waals surface area contributed by atoms with E-state index in [4.69, 9.17) is 14.0 Å². The van der Waals surface area contributed by atoms with Gasteiger partial charge in [-0.2, -0.15) is 4.98 Å². The van der Waals surface area contributed by atoms with E-state index in [0.29, 0.717) is 18.4 Å². The van der Waals surface area contributed by atoms with Crippen LogP contribution in [0.25, 0.3) is 11.4 Å². The van der Waals surface area contributed by atoms with Gasteiger partial charge in [0.15, 0.2) is 0 Å². The lowest BCUT2D eigenvalue weighted by Gasteiger charge is -2.43. The summed E-state index contributed by atoms with van der Waals surface area (Å²) in [5.74, 6) is 1.46. The van der Waals surface area contributed by atoms with Gasteiger partial charge in [0.25, 0.3) is 0 Å². The average Bonchev–Trinajstić information content (AvgIpc) is 3.21. The van der Waals surface area contributed by atoms with Gasteiger partial charge in [-0.25, -0.2) is 0 Å². The van der Waals surface area contributed by atoms with E-state index in [2.05, 4.69) is 29.3 Å². The number of carbonyl (C=O) groups is 1. The summed E-state index contributed by atoms with van der Waals surface area (Å²) in [6, 6.07) is 8.03. The first-order valence-corrected chi connectivity index (χ1v) is 10.1. The van der Waals surface area contributed by atoms with E-state index in [1.54, 1.807) is 7.11 Å². The summed E-state index contributed by atoms with van der Waals surface area (Å²) in [5.41, 5.74) is 0.826. The molecule has 2 aliphatic heterocycles. The van der Waals surface area contributed by atoms with E-state index in [-0.39, 0.29) is 23.5 Å². The van der Waals surface area contributed by atoms with Crippen LogP contribution < -0.4 is 15.0 Å². The van der Waals surface area contributed by atoms with Crippen LogP contribution in [0.5, 0.6) is 5.75 Å². The summed E-state index contributed by atoms with van der Waals surface area (Å²) in [7, 11) is 1.63. The topological polar surface area (TPSA) is 89.7 Å². The predicted molar refractivity (Wildman–Crippen MR) is 108 cm³/mol. The lowest BCUT2D eigenvalue weighted by Crippen LogP contribution is -2.52. The summed E-state index contributed by atoms with van der Waals surface area (Å²) in [6.07, 6.45) is 2.66. The van der Waals surface area contributed by atoms with Crippen molar-refractivity contribution in [2.24, 2.45) is 5.92 Å². The Kier molecular flexibility index (Phi) is 5.45. The number of benzene rings is 1. The zero-order chi connectivity index (χ0) is 20.4. The number of aromatic nitrogens is 2. The molecule has 0 aliphatic carbocycles. The number of piperidine rings is 1. The van der Waals surface area contributed by atoms with E-state index in [9.17, 15) is 4.79 Å². The first-order chi connectivity index (χ1) is 13.9. The van der Waals surface area contributed by atoms with Gasteiger partial charge in [0.2, 0.25) is 11.7 Å². The highest BCUT2D eigenvalue weighted by molar-refractivity contribution is 5.79. The maximum atomic E-state index is 12.4. The van der Waals surface area contributed by atoms with Crippen LogP contribution in [0.2, 0.25) is 0 Å². The number of hydrogen-bond donors (Lipinski definition) is 1. The quantitative estimate of drug-likeness (QED) is 0.797. The first-order valence-electron chi connectivity index (χ1n) is 10.1. The summed E-state index contributed by atoms with van der Waals surface area (Å²) < 4.78 is 16.4. The van der Waals surface area contributed by atoms with Gasteiger partial charge in [-0.05, 0) is 51.0 Å². The smallest absolute Gasteiger partial charge is 0.324 e.